The standard InChI is InChI=1S/C77H132O6/c1-4-7-10-13-16-19-22-25-27-29-31-33-35-36-37-38-39-40-42-43-45-47-49-52-55-58-61-64-67-70-76(79)82-73-74(72-81-75(78)69-66-63-60-57-54-51-24-21-18-15-12-9-6-3)83-77(80)71-68-65-62-59-56-53-50-48-46-44-41-34-32-30-28-26-23-20-17-14-11-8-5-2/h7,10,12,15-16,19,21,23-27,30-33,41,44,74H,4-6,8-9,11,13-14,17-18,20,22,28-29,34-40,42-43,45-73H2,1-3H3/b10-7-,15-12-,19-16-,24-21-,26-23-,27-25-,32-30-,33-31-,44-41-. The van der Waals surface area contributed by atoms with Gasteiger partial charge in [0.2, 0.25) is 0 Å². The summed E-state index contributed by atoms with van der Waals surface area (Å²) in [4.78, 5) is 38.4. The fourth-order valence-electron chi connectivity index (χ4n) is 9.95. The van der Waals surface area contributed by atoms with Gasteiger partial charge in [0.1, 0.15) is 13.2 Å². The van der Waals surface area contributed by atoms with Crippen molar-refractivity contribution in [3.05, 3.63) is 109 Å². The molecule has 6 heteroatoms. The summed E-state index contributed by atoms with van der Waals surface area (Å²) in [5.74, 6) is -0.893. The average Bonchev–Trinajstić information content (AvgIpc) is 3.49. The van der Waals surface area contributed by atoms with Crippen molar-refractivity contribution in [2.24, 2.45) is 0 Å². The molecule has 0 radical (unpaired) electrons. The second-order valence-corrected chi connectivity index (χ2v) is 23.4. The Kier molecular flexibility index (Phi) is 67.2. The molecule has 0 aromatic rings. The molecule has 0 fully saturated rings. The van der Waals surface area contributed by atoms with Crippen molar-refractivity contribution in [1.82, 2.24) is 0 Å². The Labute approximate surface area is 514 Å². The van der Waals surface area contributed by atoms with E-state index in [4.69, 9.17) is 14.2 Å². The van der Waals surface area contributed by atoms with Crippen molar-refractivity contribution in [2.45, 2.75) is 348 Å². The van der Waals surface area contributed by atoms with Gasteiger partial charge in [-0.25, -0.2) is 0 Å². The molecule has 0 aliphatic heterocycles. The molecular formula is C77H132O6. The lowest BCUT2D eigenvalue weighted by Crippen LogP contribution is -2.30. The smallest absolute Gasteiger partial charge is 0.306 e. The monoisotopic (exact) mass is 1150 g/mol. The number of unbranched alkanes of at least 4 members (excludes halogenated alkanes) is 35. The van der Waals surface area contributed by atoms with Crippen molar-refractivity contribution in [2.75, 3.05) is 13.2 Å². The maximum atomic E-state index is 13.0. The Balaban J connectivity index is 4.27. The maximum absolute atomic E-state index is 13.0. The summed E-state index contributed by atoms with van der Waals surface area (Å²) in [6.07, 6.45) is 96.9. The van der Waals surface area contributed by atoms with Gasteiger partial charge in [0.05, 0.1) is 0 Å². The average molecular weight is 1150 g/mol. The van der Waals surface area contributed by atoms with Gasteiger partial charge in [0.25, 0.3) is 0 Å². The molecule has 0 amide bonds. The fraction of sp³-hybridized carbons (Fsp3) is 0.727. The number of esters is 3. The first-order valence-electron chi connectivity index (χ1n) is 35.4. The summed E-state index contributed by atoms with van der Waals surface area (Å²) in [7, 11) is 0. The predicted octanol–water partition coefficient (Wildman–Crippen LogP) is 24.6. The van der Waals surface area contributed by atoms with Crippen LogP contribution in [0.2, 0.25) is 0 Å². The van der Waals surface area contributed by atoms with Gasteiger partial charge in [0, 0.05) is 19.3 Å². The molecule has 1 unspecified atom stereocenters. The Bertz CT molecular complexity index is 1660. The van der Waals surface area contributed by atoms with E-state index in [1.807, 2.05) is 0 Å². The van der Waals surface area contributed by atoms with Gasteiger partial charge in [-0.3, -0.25) is 14.4 Å². The molecule has 0 saturated carbocycles. The topological polar surface area (TPSA) is 78.9 Å². The third-order valence-electron chi connectivity index (χ3n) is 15.2. The zero-order valence-corrected chi connectivity index (χ0v) is 54.7. The van der Waals surface area contributed by atoms with Crippen molar-refractivity contribution in [3.63, 3.8) is 0 Å². The first-order chi connectivity index (χ1) is 41.0. The summed E-state index contributed by atoms with van der Waals surface area (Å²) in [6.45, 7) is 6.47. The largest absolute Gasteiger partial charge is 0.462 e. The van der Waals surface area contributed by atoms with E-state index in [1.165, 1.54) is 167 Å². The zero-order chi connectivity index (χ0) is 59.9. The van der Waals surface area contributed by atoms with Crippen LogP contribution in [0.5, 0.6) is 0 Å². The van der Waals surface area contributed by atoms with E-state index in [-0.39, 0.29) is 31.1 Å². The zero-order valence-electron chi connectivity index (χ0n) is 54.7. The molecule has 0 rings (SSSR count). The Morgan fingerprint density at radius 2 is 0.494 bits per heavy atom. The van der Waals surface area contributed by atoms with Gasteiger partial charge < -0.3 is 14.2 Å². The summed E-state index contributed by atoms with van der Waals surface area (Å²) in [6, 6.07) is 0. The molecule has 0 aliphatic carbocycles. The second-order valence-electron chi connectivity index (χ2n) is 23.4. The predicted molar refractivity (Wildman–Crippen MR) is 362 cm³/mol. The van der Waals surface area contributed by atoms with Crippen LogP contribution in [0.1, 0.15) is 342 Å². The first-order valence-corrected chi connectivity index (χ1v) is 35.4. The molecule has 0 spiro atoms. The highest BCUT2D eigenvalue weighted by molar-refractivity contribution is 5.71. The van der Waals surface area contributed by atoms with Crippen LogP contribution in [0.4, 0.5) is 0 Å². The Morgan fingerprint density at radius 1 is 0.253 bits per heavy atom. The molecule has 0 aliphatic rings. The minimum absolute atomic E-state index is 0.0842. The van der Waals surface area contributed by atoms with E-state index in [2.05, 4.69) is 130 Å². The van der Waals surface area contributed by atoms with Crippen LogP contribution in [0.25, 0.3) is 0 Å². The molecule has 1 atom stereocenters. The number of allylic oxidation sites excluding steroid dienone is 18. The molecular weight excluding hydrogens is 1020 g/mol. The second kappa shape index (κ2) is 70.6. The molecule has 0 heterocycles. The lowest BCUT2D eigenvalue weighted by Gasteiger charge is -2.18. The minimum Gasteiger partial charge on any atom is -0.462 e. The molecule has 83 heavy (non-hydrogen) atoms. The quantitative estimate of drug-likeness (QED) is 0.0261. The van der Waals surface area contributed by atoms with E-state index in [0.717, 1.165) is 135 Å². The third-order valence-corrected chi connectivity index (χ3v) is 15.2. The number of ether oxygens (including phenoxy) is 3. The number of carbonyl (C=O) groups is 3. The third kappa shape index (κ3) is 68.7. The van der Waals surface area contributed by atoms with Gasteiger partial charge in [-0.15, -0.1) is 0 Å². The van der Waals surface area contributed by atoms with Gasteiger partial charge in [-0.2, -0.15) is 0 Å². The molecule has 0 N–H and O–H groups in total. The summed E-state index contributed by atoms with van der Waals surface area (Å²) in [5.41, 5.74) is 0. The SMILES string of the molecule is CC/C=C\C/C=C\C/C=C\C/C=C\CCCCCCCCCCCCCCCCCCC(=O)OCC(COC(=O)CCCCCCC/C=C\C/C=C\CCC)OC(=O)CCCCCCCCCC/C=C\C/C=C\C/C=C\CCCCCCC. The Morgan fingerprint density at radius 3 is 0.783 bits per heavy atom. The van der Waals surface area contributed by atoms with Gasteiger partial charge in [-0.1, -0.05) is 310 Å². The molecule has 6 nitrogen and oxygen atoms in total. The van der Waals surface area contributed by atoms with Crippen LogP contribution in [0, 0.1) is 0 Å². The van der Waals surface area contributed by atoms with Gasteiger partial charge in [0.15, 0.2) is 6.10 Å². The summed E-state index contributed by atoms with van der Waals surface area (Å²) in [5, 5.41) is 0. The molecule has 476 valence electrons. The summed E-state index contributed by atoms with van der Waals surface area (Å²) >= 11 is 0. The van der Waals surface area contributed by atoms with Gasteiger partial charge in [-0.05, 0) is 122 Å². The van der Waals surface area contributed by atoms with Crippen LogP contribution in [0.15, 0.2) is 109 Å². The fourth-order valence-corrected chi connectivity index (χ4v) is 9.95. The summed E-state index contributed by atoms with van der Waals surface area (Å²) < 4.78 is 17.0. The van der Waals surface area contributed by atoms with Crippen molar-refractivity contribution < 1.29 is 28.6 Å². The first kappa shape index (κ1) is 79.1. The van der Waals surface area contributed by atoms with Crippen molar-refractivity contribution >= 4 is 17.9 Å². The normalized spacial score (nSPS) is 12.8. The molecule has 0 aromatic carbocycles. The van der Waals surface area contributed by atoms with E-state index in [0.29, 0.717) is 19.3 Å². The highest BCUT2D eigenvalue weighted by atomic mass is 16.6. The van der Waals surface area contributed by atoms with Crippen LogP contribution in [0.3, 0.4) is 0 Å². The van der Waals surface area contributed by atoms with Crippen LogP contribution in [-0.2, 0) is 28.6 Å². The lowest BCUT2D eigenvalue weighted by molar-refractivity contribution is -0.167. The number of carbonyl (C=O) groups excluding carboxylic acids is 3. The van der Waals surface area contributed by atoms with Crippen LogP contribution < -0.4 is 0 Å². The molecule has 0 bridgehead atoms. The van der Waals surface area contributed by atoms with Crippen molar-refractivity contribution in [1.29, 1.82) is 0 Å². The van der Waals surface area contributed by atoms with E-state index < -0.39 is 6.10 Å². The molecule has 0 aromatic heterocycles. The van der Waals surface area contributed by atoms with Crippen LogP contribution >= 0.6 is 0 Å². The number of hydrogen-bond acceptors (Lipinski definition) is 6. The maximum Gasteiger partial charge on any atom is 0.306 e. The highest BCUT2D eigenvalue weighted by Crippen LogP contribution is 2.17. The van der Waals surface area contributed by atoms with Crippen LogP contribution in [-0.4, -0.2) is 37.2 Å². The van der Waals surface area contributed by atoms with E-state index >= 15 is 0 Å². The van der Waals surface area contributed by atoms with E-state index in [9.17, 15) is 14.4 Å². The lowest BCUT2D eigenvalue weighted by atomic mass is 10.0. The van der Waals surface area contributed by atoms with Gasteiger partial charge >= 0.3 is 17.9 Å². The minimum atomic E-state index is -0.790. The highest BCUT2D eigenvalue weighted by Gasteiger charge is 2.19. The van der Waals surface area contributed by atoms with E-state index in [1.54, 1.807) is 0 Å². The van der Waals surface area contributed by atoms with Crippen molar-refractivity contribution in [3.8, 4) is 0 Å². The number of hydrogen-bond donors (Lipinski definition) is 0. The molecule has 0 saturated heterocycles. The Hall–Kier alpha value is -3.93. The number of rotatable bonds is 64.